The Morgan fingerprint density at radius 1 is 0.895 bits per heavy atom. The van der Waals surface area contributed by atoms with Gasteiger partial charge in [0.2, 0.25) is 10.0 Å². The third-order valence-electron chi connectivity index (χ3n) is 3.50. The van der Waals surface area contributed by atoms with Crippen molar-refractivity contribution in [3.8, 4) is 0 Å². The van der Waals surface area contributed by atoms with Crippen LogP contribution >= 0.6 is 0 Å². The van der Waals surface area contributed by atoms with Crippen LogP contribution in [-0.2, 0) is 10.0 Å². The summed E-state index contributed by atoms with van der Waals surface area (Å²) in [5, 5.41) is 0. The summed E-state index contributed by atoms with van der Waals surface area (Å²) in [6.07, 6.45) is 0. The van der Waals surface area contributed by atoms with E-state index in [1.54, 1.807) is 28.6 Å². The molecule has 1 unspecified atom stereocenters. The molecule has 0 aliphatic carbocycles. The Hall–Kier alpha value is -1.65. The second-order valence-corrected chi connectivity index (χ2v) is 6.59. The number of hydrogen-bond acceptors (Lipinski definition) is 2. The molecule has 98 valence electrons. The fraction of sp³-hybridized carbons (Fsp3) is 0.200. The van der Waals surface area contributed by atoms with Crippen LogP contribution in [0.3, 0.4) is 0 Å². The normalized spacial score (nSPS) is 26.1. The molecule has 1 aliphatic heterocycles. The van der Waals surface area contributed by atoms with E-state index in [0.717, 1.165) is 5.56 Å². The van der Waals surface area contributed by atoms with Crippen molar-refractivity contribution in [3.05, 3.63) is 66.2 Å². The van der Waals surface area contributed by atoms with Crippen LogP contribution in [0.15, 0.2) is 65.6 Å². The van der Waals surface area contributed by atoms with Crippen LogP contribution in [-0.4, -0.2) is 18.8 Å². The van der Waals surface area contributed by atoms with E-state index in [9.17, 15) is 8.42 Å². The molecule has 1 aliphatic rings. The van der Waals surface area contributed by atoms with Gasteiger partial charge in [-0.3, -0.25) is 0 Å². The molecule has 1 heterocycles. The number of nitrogens with zero attached hydrogens (tertiary/aromatic N) is 1. The molecule has 0 amide bonds. The van der Waals surface area contributed by atoms with Gasteiger partial charge in [0.05, 0.1) is 10.9 Å². The van der Waals surface area contributed by atoms with Crippen LogP contribution in [0.2, 0.25) is 0 Å². The molecule has 0 saturated carbocycles. The quantitative estimate of drug-likeness (QED) is 0.806. The highest BCUT2D eigenvalue weighted by Crippen LogP contribution is 2.47. The summed E-state index contributed by atoms with van der Waals surface area (Å²) in [6, 6.07) is 18.3. The predicted molar refractivity (Wildman–Crippen MR) is 74.1 cm³/mol. The van der Waals surface area contributed by atoms with E-state index in [1.807, 2.05) is 43.3 Å². The zero-order valence-corrected chi connectivity index (χ0v) is 11.4. The fourth-order valence-electron chi connectivity index (χ4n) is 2.48. The van der Waals surface area contributed by atoms with Crippen molar-refractivity contribution in [3.63, 3.8) is 0 Å². The first-order chi connectivity index (χ1) is 9.12. The molecule has 0 spiro atoms. The molecule has 0 N–H and O–H groups in total. The van der Waals surface area contributed by atoms with Crippen LogP contribution in [0.1, 0.15) is 18.5 Å². The first-order valence-electron chi connectivity index (χ1n) is 6.26. The summed E-state index contributed by atoms with van der Waals surface area (Å²) in [6.45, 7) is 1.94. The van der Waals surface area contributed by atoms with Crippen molar-refractivity contribution >= 4 is 10.0 Å². The number of benzene rings is 2. The van der Waals surface area contributed by atoms with Crippen molar-refractivity contribution in [2.45, 2.75) is 23.9 Å². The van der Waals surface area contributed by atoms with Gasteiger partial charge in [-0.05, 0) is 24.6 Å². The average molecular weight is 273 g/mol. The fourth-order valence-corrected chi connectivity index (χ4v) is 4.32. The Kier molecular flexibility index (Phi) is 2.92. The van der Waals surface area contributed by atoms with Gasteiger partial charge in [0, 0.05) is 6.04 Å². The Labute approximate surface area is 113 Å². The molecule has 3 atom stereocenters. The molecule has 4 heteroatoms. The minimum Gasteiger partial charge on any atom is -0.207 e. The minimum absolute atomic E-state index is 0.0209. The third-order valence-corrected chi connectivity index (χ3v) is 5.49. The lowest BCUT2D eigenvalue weighted by atomic mass is 10.1. The Balaban J connectivity index is 1.93. The van der Waals surface area contributed by atoms with Gasteiger partial charge in [-0.2, -0.15) is 4.31 Å². The summed E-state index contributed by atoms with van der Waals surface area (Å²) < 4.78 is 26.6. The maximum absolute atomic E-state index is 12.5. The van der Waals surface area contributed by atoms with Crippen molar-refractivity contribution < 1.29 is 8.42 Å². The first kappa shape index (κ1) is 12.4. The predicted octanol–water partition coefficient (Wildman–Crippen LogP) is 2.82. The molecule has 1 saturated heterocycles. The van der Waals surface area contributed by atoms with Gasteiger partial charge in [0.15, 0.2) is 0 Å². The highest BCUT2D eigenvalue weighted by molar-refractivity contribution is 7.89. The van der Waals surface area contributed by atoms with Gasteiger partial charge in [-0.15, -0.1) is 0 Å². The molecular formula is C15H15NO2S. The van der Waals surface area contributed by atoms with Crippen molar-refractivity contribution in [2.75, 3.05) is 0 Å². The molecule has 0 bridgehead atoms. The van der Waals surface area contributed by atoms with Crippen LogP contribution in [0, 0.1) is 0 Å². The second kappa shape index (κ2) is 4.47. The van der Waals surface area contributed by atoms with Crippen LogP contribution in [0.25, 0.3) is 0 Å². The lowest BCUT2D eigenvalue weighted by Gasteiger charge is -2.06. The Bertz CT molecular complexity index is 668. The van der Waals surface area contributed by atoms with Gasteiger partial charge in [0.1, 0.15) is 0 Å². The van der Waals surface area contributed by atoms with Gasteiger partial charge in [-0.25, -0.2) is 8.42 Å². The van der Waals surface area contributed by atoms with Crippen molar-refractivity contribution in [1.82, 2.24) is 4.31 Å². The van der Waals surface area contributed by atoms with E-state index in [2.05, 4.69) is 0 Å². The summed E-state index contributed by atoms with van der Waals surface area (Å²) in [5.74, 6) is 0. The highest BCUT2D eigenvalue weighted by atomic mass is 32.2. The molecule has 3 nitrogen and oxygen atoms in total. The van der Waals surface area contributed by atoms with Crippen molar-refractivity contribution in [2.24, 2.45) is 0 Å². The monoisotopic (exact) mass is 273 g/mol. The molecule has 1 fully saturated rings. The molecule has 2 aromatic rings. The lowest BCUT2D eigenvalue weighted by Crippen LogP contribution is -2.14. The minimum atomic E-state index is -3.38. The third kappa shape index (κ3) is 2.07. The van der Waals surface area contributed by atoms with E-state index < -0.39 is 10.0 Å². The summed E-state index contributed by atoms with van der Waals surface area (Å²) in [4.78, 5) is 0.361. The maximum atomic E-state index is 12.5. The summed E-state index contributed by atoms with van der Waals surface area (Å²) >= 11 is 0. The van der Waals surface area contributed by atoms with E-state index in [-0.39, 0.29) is 12.1 Å². The number of hydrogen-bond donors (Lipinski definition) is 0. The topological polar surface area (TPSA) is 37.1 Å². The number of rotatable bonds is 3. The Morgan fingerprint density at radius 3 is 2.00 bits per heavy atom. The van der Waals surface area contributed by atoms with Gasteiger partial charge in [-0.1, -0.05) is 48.5 Å². The molecular weight excluding hydrogens is 258 g/mol. The molecule has 19 heavy (non-hydrogen) atoms. The summed E-state index contributed by atoms with van der Waals surface area (Å²) in [5.41, 5.74) is 1.05. The van der Waals surface area contributed by atoms with Gasteiger partial charge < -0.3 is 0 Å². The van der Waals surface area contributed by atoms with Crippen LogP contribution in [0.4, 0.5) is 0 Å². The zero-order valence-electron chi connectivity index (χ0n) is 10.6. The van der Waals surface area contributed by atoms with E-state index in [1.165, 1.54) is 0 Å². The maximum Gasteiger partial charge on any atom is 0.243 e. The molecule has 0 radical (unpaired) electrons. The van der Waals surface area contributed by atoms with E-state index in [0.29, 0.717) is 4.90 Å². The Morgan fingerprint density at radius 2 is 1.42 bits per heavy atom. The standard InChI is InChI=1S/C15H15NO2S/c1-12-15(13-8-4-2-5-9-13)16(12)19(17,18)14-10-6-3-7-11-14/h2-12,15H,1H3/t12-,15+,16?/m1/s1. The molecule has 2 aromatic carbocycles. The first-order valence-corrected chi connectivity index (χ1v) is 7.70. The van der Waals surface area contributed by atoms with Crippen LogP contribution < -0.4 is 0 Å². The summed E-state index contributed by atoms with van der Waals surface area (Å²) in [7, 11) is -3.38. The van der Waals surface area contributed by atoms with Gasteiger partial charge >= 0.3 is 0 Å². The smallest absolute Gasteiger partial charge is 0.207 e. The molecule has 3 rings (SSSR count). The van der Waals surface area contributed by atoms with E-state index in [4.69, 9.17) is 0 Å². The highest BCUT2D eigenvalue weighted by Gasteiger charge is 2.53. The van der Waals surface area contributed by atoms with E-state index >= 15 is 0 Å². The molecule has 0 aromatic heterocycles. The SMILES string of the molecule is C[C@@H]1[C@@H](c2ccccc2)N1S(=O)(=O)c1ccccc1. The second-order valence-electron chi connectivity index (χ2n) is 4.74. The number of sulfonamides is 1. The van der Waals surface area contributed by atoms with Crippen LogP contribution in [0.5, 0.6) is 0 Å². The van der Waals surface area contributed by atoms with Gasteiger partial charge in [0.25, 0.3) is 0 Å². The van der Waals surface area contributed by atoms with Crippen molar-refractivity contribution in [1.29, 1.82) is 0 Å². The average Bonchev–Trinajstić information content (AvgIpc) is 3.13. The lowest BCUT2D eigenvalue weighted by molar-refractivity contribution is 0.548. The largest absolute Gasteiger partial charge is 0.243 e. The zero-order chi connectivity index (χ0) is 13.5.